The third-order valence-electron chi connectivity index (χ3n) is 3.09. The van der Waals surface area contributed by atoms with Crippen LogP contribution in [0.1, 0.15) is 53.2 Å². The van der Waals surface area contributed by atoms with Gasteiger partial charge in [-0.1, -0.05) is 20.3 Å². The molecule has 0 spiro atoms. The van der Waals surface area contributed by atoms with Gasteiger partial charge < -0.3 is 10.7 Å². The first-order chi connectivity index (χ1) is 9.08. The number of nitrogens with one attached hydrogen (secondary N) is 1. The molecule has 0 unspecified atom stereocenters. The zero-order valence-corrected chi connectivity index (χ0v) is 11.1. The van der Waals surface area contributed by atoms with Crippen LogP contribution in [-0.4, -0.2) is 21.7 Å². The second-order valence-electron chi connectivity index (χ2n) is 4.46. The Morgan fingerprint density at radius 1 is 1.32 bits per heavy atom. The highest BCUT2D eigenvalue weighted by Gasteiger charge is 2.18. The number of pyridine rings is 1. The van der Waals surface area contributed by atoms with Crippen LogP contribution in [0.3, 0.4) is 0 Å². The predicted molar refractivity (Wildman–Crippen MR) is 73.2 cm³/mol. The van der Waals surface area contributed by atoms with Gasteiger partial charge in [0.1, 0.15) is 11.3 Å². The molecule has 2 heterocycles. The van der Waals surface area contributed by atoms with Gasteiger partial charge in [0.15, 0.2) is 5.78 Å². The number of aryl methyl sites for hydroxylation is 1. The van der Waals surface area contributed by atoms with Crippen LogP contribution in [0.15, 0.2) is 12.1 Å². The average Bonchev–Trinajstić information content (AvgIpc) is 2.75. The first-order valence-corrected chi connectivity index (χ1v) is 6.43. The highest BCUT2D eigenvalue weighted by Crippen LogP contribution is 2.24. The van der Waals surface area contributed by atoms with Gasteiger partial charge in [-0.3, -0.25) is 9.59 Å². The number of nitrogens with two attached hydrogens (primary N) is 1. The molecule has 1 amide bonds. The number of ketones is 1. The van der Waals surface area contributed by atoms with Crippen molar-refractivity contribution in [1.82, 2.24) is 9.97 Å². The lowest BCUT2D eigenvalue weighted by molar-refractivity contribution is 0.0984. The number of hydrogen-bond donors (Lipinski definition) is 2. The number of aromatic amines is 1. The number of aromatic nitrogens is 2. The van der Waals surface area contributed by atoms with Crippen LogP contribution in [0.4, 0.5) is 0 Å². The highest BCUT2D eigenvalue weighted by atomic mass is 16.1. The molecule has 2 aromatic heterocycles. The Kier molecular flexibility index (Phi) is 3.64. The molecule has 0 aliphatic heterocycles. The Labute approximate surface area is 111 Å². The summed E-state index contributed by atoms with van der Waals surface area (Å²) in [5.74, 6) is -0.486. The summed E-state index contributed by atoms with van der Waals surface area (Å²) in [5.41, 5.74) is 7.55. The maximum atomic E-state index is 12.1. The molecule has 0 aromatic carbocycles. The van der Waals surface area contributed by atoms with Crippen molar-refractivity contribution >= 4 is 22.7 Å². The van der Waals surface area contributed by atoms with E-state index in [0.29, 0.717) is 17.6 Å². The van der Waals surface area contributed by atoms with Crippen molar-refractivity contribution in [2.75, 3.05) is 0 Å². The van der Waals surface area contributed by atoms with Crippen molar-refractivity contribution in [3.63, 3.8) is 0 Å². The lowest BCUT2D eigenvalue weighted by atomic mass is 10.0. The number of primary amides is 1. The summed E-state index contributed by atoms with van der Waals surface area (Å²) in [6, 6.07) is 3.29. The van der Waals surface area contributed by atoms with Crippen LogP contribution in [0, 0.1) is 0 Å². The number of hydrogen-bond acceptors (Lipinski definition) is 3. The van der Waals surface area contributed by atoms with Gasteiger partial charge in [-0.05, 0) is 18.6 Å². The van der Waals surface area contributed by atoms with E-state index in [1.165, 1.54) is 0 Å². The molecule has 5 nitrogen and oxygen atoms in total. The largest absolute Gasteiger partial charge is 0.364 e. The number of H-pyrrole nitrogens is 1. The number of nitrogens with zero attached hydrogens (tertiary/aromatic N) is 1. The maximum Gasteiger partial charge on any atom is 0.267 e. The van der Waals surface area contributed by atoms with E-state index in [2.05, 4.69) is 9.97 Å². The molecule has 0 saturated heterocycles. The summed E-state index contributed by atoms with van der Waals surface area (Å²) in [7, 11) is 0. The SMILES string of the molecule is CCCc1[nH]c2nc(C(N)=O)ccc2c1C(=O)CC. The minimum atomic E-state index is -0.572. The third-order valence-corrected chi connectivity index (χ3v) is 3.09. The number of carbonyl (C=O) groups excluding carboxylic acids is 2. The lowest BCUT2D eigenvalue weighted by Gasteiger charge is -2.00. The molecular formula is C14H17N3O2. The van der Waals surface area contributed by atoms with Crippen LogP contribution < -0.4 is 5.73 Å². The lowest BCUT2D eigenvalue weighted by Crippen LogP contribution is -2.12. The van der Waals surface area contributed by atoms with E-state index in [-0.39, 0.29) is 11.5 Å². The van der Waals surface area contributed by atoms with E-state index in [4.69, 9.17) is 5.73 Å². The fraction of sp³-hybridized carbons (Fsp3) is 0.357. The number of amides is 1. The summed E-state index contributed by atoms with van der Waals surface area (Å²) in [6.45, 7) is 3.88. The molecule has 3 N–H and O–H groups in total. The molecule has 0 saturated carbocycles. The molecular weight excluding hydrogens is 242 g/mol. The summed E-state index contributed by atoms with van der Waals surface area (Å²) in [4.78, 5) is 30.5. The van der Waals surface area contributed by atoms with Gasteiger partial charge in [0, 0.05) is 23.1 Å². The molecule has 2 rings (SSSR count). The van der Waals surface area contributed by atoms with Crippen molar-refractivity contribution < 1.29 is 9.59 Å². The van der Waals surface area contributed by atoms with Gasteiger partial charge in [0.05, 0.1) is 0 Å². The van der Waals surface area contributed by atoms with Crippen molar-refractivity contribution in [1.29, 1.82) is 0 Å². The van der Waals surface area contributed by atoms with Gasteiger partial charge in [-0.2, -0.15) is 0 Å². The molecule has 0 aliphatic rings. The number of rotatable bonds is 5. The standard InChI is InChI=1S/C14H17N3O2/c1-3-5-9-12(11(18)4-2)8-6-7-10(13(15)19)17-14(8)16-9/h6-7H,3-5H2,1-2H3,(H2,15,19)(H,16,17). The fourth-order valence-electron chi connectivity index (χ4n) is 2.19. The Balaban J connectivity index is 2.66. The Morgan fingerprint density at radius 2 is 2.05 bits per heavy atom. The third kappa shape index (κ3) is 2.36. The quantitative estimate of drug-likeness (QED) is 0.807. The Hall–Kier alpha value is -2.17. The predicted octanol–water partition coefficient (Wildman–Crippen LogP) is 2.21. The van der Waals surface area contributed by atoms with Gasteiger partial charge in [-0.15, -0.1) is 0 Å². The zero-order chi connectivity index (χ0) is 14.0. The van der Waals surface area contributed by atoms with Crippen molar-refractivity contribution in [2.45, 2.75) is 33.1 Å². The van der Waals surface area contributed by atoms with E-state index in [9.17, 15) is 9.59 Å². The van der Waals surface area contributed by atoms with E-state index in [1.54, 1.807) is 12.1 Å². The van der Waals surface area contributed by atoms with Gasteiger partial charge in [-0.25, -0.2) is 4.98 Å². The average molecular weight is 259 g/mol. The van der Waals surface area contributed by atoms with Gasteiger partial charge >= 0.3 is 0 Å². The molecule has 2 aromatic rings. The van der Waals surface area contributed by atoms with Crippen LogP contribution in [-0.2, 0) is 6.42 Å². The monoisotopic (exact) mass is 259 g/mol. The first-order valence-electron chi connectivity index (χ1n) is 6.43. The van der Waals surface area contributed by atoms with E-state index < -0.39 is 5.91 Å². The summed E-state index contributed by atoms with van der Waals surface area (Å²) in [5, 5.41) is 0.764. The molecule has 0 fully saturated rings. The molecule has 0 bridgehead atoms. The normalized spacial score (nSPS) is 10.8. The van der Waals surface area contributed by atoms with Crippen LogP contribution in [0.2, 0.25) is 0 Å². The van der Waals surface area contributed by atoms with Gasteiger partial charge in [0.2, 0.25) is 0 Å². The van der Waals surface area contributed by atoms with Crippen LogP contribution in [0.5, 0.6) is 0 Å². The van der Waals surface area contributed by atoms with E-state index in [1.807, 2.05) is 13.8 Å². The zero-order valence-electron chi connectivity index (χ0n) is 11.1. The van der Waals surface area contributed by atoms with Crippen LogP contribution in [0.25, 0.3) is 11.0 Å². The molecule has 19 heavy (non-hydrogen) atoms. The molecule has 0 aliphatic carbocycles. The highest BCUT2D eigenvalue weighted by molar-refractivity contribution is 6.09. The molecule has 5 heteroatoms. The summed E-state index contributed by atoms with van der Waals surface area (Å²) >= 11 is 0. The number of Topliss-reactive ketones (excluding diaryl/α,β-unsaturated/α-hetero) is 1. The maximum absolute atomic E-state index is 12.1. The Morgan fingerprint density at radius 3 is 2.63 bits per heavy atom. The topological polar surface area (TPSA) is 88.8 Å². The molecule has 0 radical (unpaired) electrons. The molecule has 100 valence electrons. The van der Waals surface area contributed by atoms with Crippen molar-refractivity contribution in [2.24, 2.45) is 5.73 Å². The summed E-state index contributed by atoms with van der Waals surface area (Å²) < 4.78 is 0. The first kappa shape index (κ1) is 13.3. The van der Waals surface area contributed by atoms with Crippen molar-refractivity contribution in [3.8, 4) is 0 Å². The van der Waals surface area contributed by atoms with E-state index >= 15 is 0 Å². The second-order valence-corrected chi connectivity index (χ2v) is 4.46. The van der Waals surface area contributed by atoms with Crippen molar-refractivity contribution in [3.05, 3.63) is 29.1 Å². The molecule has 0 atom stereocenters. The fourth-order valence-corrected chi connectivity index (χ4v) is 2.19. The van der Waals surface area contributed by atoms with Crippen LogP contribution >= 0.6 is 0 Å². The van der Waals surface area contributed by atoms with E-state index in [0.717, 1.165) is 23.9 Å². The number of carbonyl (C=O) groups is 2. The minimum absolute atomic E-state index is 0.0864. The second kappa shape index (κ2) is 5.22. The summed E-state index contributed by atoms with van der Waals surface area (Å²) in [6.07, 6.45) is 2.16. The minimum Gasteiger partial charge on any atom is -0.364 e. The number of fused-ring (bicyclic) bond motifs is 1. The smallest absolute Gasteiger partial charge is 0.267 e. The van der Waals surface area contributed by atoms with Gasteiger partial charge in [0.25, 0.3) is 5.91 Å². The Bertz CT molecular complexity index is 643.